The van der Waals surface area contributed by atoms with Crippen LogP contribution in [-0.2, 0) is 11.3 Å². The number of carbonyl (C=O) groups is 1. The van der Waals surface area contributed by atoms with Crippen LogP contribution in [0.25, 0.3) is 0 Å². The molecule has 116 valence electrons. The van der Waals surface area contributed by atoms with Gasteiger partial charge in [0.15, 0.2) is 0 Å². The Morgan fingerprint density at radius 2 is 2.33 bits per heavy atom. The molecule has 2 amide bonds. The number of nitrogens with one attached hydrogen (secondary N) is 1. The van der Waals surface area contributed by atoms with Crippen molar-refractivity contribution in [1.29, 1.82) is 0 Å². The van der Waals surface area contributed by atoms with Crippen LogP contribution in [0.1, 0.15) is 25.0 Å². The van der Waals surface area contributed by atoms with Crippen LogP contribution in [0.15, 0.2) is 22.8 Å². The molecule has 0 aromatic carbocycles. The highest BCUT2D eigenvalue weighted by atomic mass is 16.5. The normalized spacial score (nSPS) is 27.4. The van der Waals surface area contributed by atoms with Gasteiger partial charge in [0, 0.05) is 32.0 Å². The van der Waals surface area contributed by atoms with E-state index < -0.39 is 0 Å². The van der Waals surface area contributed by atoms with Crippen molar-refractivity contribution in [3.63, 3.8) is 0 Å². The molecule has 21 heavy (non-hydrogen) atoms. The SMILES string of the molecule is CO[C@@H]1C[C@H](O)C12CCN(C(=O)NCc1ccco1)CC2. The first-order valence-electron chi connectivity index (χ1n) is 7.42. The van der Waals surface area contributed by atoms with Crippen LogP contribution in [0.2, 0.25) is 0 Å². The maximum atomic E-state index is 12.1. The molecular formula is C15H22N2O4. The van der Waals surface area contributed by atoms with E-state index in [1.807, 2.05) is 6.07 Å². The number of nitrogens with zero attached hydrogens (tertiary/aromatic N) is 1. The summed E-state index contributed by atoms with van der Waals surface area (Å²) in [7, 11) is 1.70. The summed E-state index contributed by atoms with van der Waals surface area (Å²) < 4.78 is 10.6. The third-order valence-corrected chi connectivity index (χ3v) is 5.00. The van der Waals surface area contributed by atoms with Gasteiger partial charge in [-0.05, 0) is 25.0 Å². The number of rotatable bonds is 3. The van der Waals surface area contributed by atoms with Crippen molar-refractivity contribution in [1.82, 2.24) is 10.2 Å². The van der Waals surface area contributed by atoms with E-state index in [0.29, 0.717) is 26.1 Å². The summed E-state index contributed by atoms with van der Waals surface area (Å²) in [4.78, 5) is 13.9. The number of likely N-dealkylation sites (tertiary alicyclic amines) is 1. The maximum Gasteiger partial charge on any atom is 0.317 e. The lowest BCUT2D eigenvalue weighted by molar-refractivity contribution is -0.198. The van der Waals surface area contributed by atoms with E-state index in [4.69, 9.17) is 9.15 Å². The minimum Gasteiger partial charge on any atom is -0.467 e. The number of hydrogen-bond acceptors (Lipinski definition) is 4. The minimum absolute atomic E-state index is 0.0796. The van der Waals surface area contributed by atoms with Gasteiger partial charge in [0.25, 0.3) is 0 Å². The fourth-order valence-corrected chi connectivity index (χ4v) is 3.53. The van der Waals surface area contributed by atoms with Crippen molar-refractivity contribution < 1.29 is 19.1 Å². The summed E-state index contributed by atoms with van der Waals surface area (Å²) >= 11 is 0. The highest BCUT2D eigenvalue weighted by Gasteiger charge is 2.56. The molecule has 2 aliphatic rings. The van der Waals surface area contributed by atoms with Crippen molar-refractivity contribution in [3.8, 4) is 0 Å². The number of amides is 2. The Hall–Kier alpha value is -1.53. The third kappa shape index (κ3) is 2.53. The molecule has 1 aromatic heterocycles. The summed E-state index contributed by atoms with van der Waals surface area (Å²) in [6.45, 7) is 1.71. The van der Waals surface area contributed by atoms with E-state index in [1.165, 1.54) is 0 Å². The molecule has 6 nitrogen and oxygen atoms in total. The number of aliphatic hydroxyl groups excluding tert-OH is 1. The fourth-order valence-electron chi connectivity index (χ4n) is 3.53. The zero-order valence-electron chi connectivity index (χ0n) is 12.2. The number of carbonyl (C=O) groups excluding carboxylic acids is 1. The summed E-state index contributed by atoms with van der Waals surface area (Å²) in [5.41, 5.74) is -0.146. The van der Waals surface area contributed by atoms with Gasteiger partial charge in [0.2, 0.25) is 0 Å². The van der Waals surface area contributed by atoms with Crippen LogP contribution < -0.4 is 5.32 Å². The molecule has 0 radical (unpaired) electrons. The van der Waals surface area contributed by atoms with Gasteiger partial charge in [-0.2, -0.15) is 0 Å². The number of piperidine rings is 1. The molecule has 0 bridgehead atoms. The molecule has 6 heteroatoms. The maximum absolute atomic E-state index is 12.1. The number of aliphatic hydroxyl groups is 1. The number of methoxy groups -OCH3 is 1. The average molecular weight is 294 g/mol. The molecule has 1 aliphatic carbocycles. The molecule has 2 fully saturated rings. The van der Waals surface area contributed by atoms with Gasteiger partial charge in [-0.1, -0.05) is 0 Å². The van der Waals surface area contributed by atoms with E-state index >= 15 is 0 Å². The first kappa shape index (κ1) is 14.4. The van der Waals surface area contributed by atoms with E-state index in [9.17, 15) is 9.90 Å². The molecule has 2 heterocycles. The van der Waals surface area contributed by atoms with Crippen LogP contribution in [-0.4, -0.2) is 48.4 Å². The summed E-state index contributed by atoms with van der Waals surface area (Å²) in [6.07, 6.45) is 3.72. The topological polar surface area (TPSA) is 74.9 Å². The standard InChI is InChI=1S/C15H22N2O4/c1-20-13-9-12(18)15(13)4-6-17(7-5-15)14(19)16-10-11-3-2-8-21-11/h2-3,8,12-13,18H,4-7,9-10H2,1H3,(H,16,19)/t12-,13+/m0/s1. The van der Waals surface area contributed by atoms with Crippen molar-refractivity contribution in [2.75, 3.05) is 20.2 Å². The molecule has 1 spiro atoms. The van der Waals surface area contributed by atoms with Gasteiger partial charge >= 0.3 is 6.03 Å². The summed E-state index contributed by atoms with van der Waals surface area (Å²) in [5.74, 6) is 0.741. The van der Waals surface area contributed by atoms with E-state index in [-0.39, 0.29) is 23.7 Å². The van der Waals surface area contributed by atoms with E-state index in [0.717, 1.165) is 18.6 Å². The van der Waals surface area contributed by atoms with Gasteiger partial charge in [0.05, 0.1) is 25.0 Å². The first-order valence-corrected chi connectivity index (χ1v) is 7.42. The lowest BCUT2D eigenvalue weighted by Crippen LogP contribution is -2.63. The molecule has 1 aromatic rings. The lowest BCUT2D eigenvalue weighted by Gasteiger charge is -2.56. The number of furan rings is 1. The quantitative estimate of drug-likeness (QED) is 0.882. The van der Waals surface area contributed by atoms with Gasteiger partial charge in [-0.3, -0.25) is 0 Å². The Kier molecular flexibility index (Phi) is 3.91. The van der Waals surface area contributed by atoms with Crippen molar-refractivity contribution >= 4 is 6.03 Å². The van der Waals surface area contributed by atoms with Crippen molar-refractivity contribution in [2.45, 2.75) is 38.0 Å². The Morgan fingerprint density at radius 3 is 2.90 bits per heavy atom. The van der Waals surface area contributed by atoms with Crippen LogP contribution >= 0.6 is 0 Å². The van der Waals surface area contributed by atoms with Crippen molar-refractivity contribution in [2.24, 2.45) is 5.41 Å². The predicted octanol–water partition coefficient (Wildman–Crippen LogP) is 1.35. The predicted molar refractivity (Wildman–Crippen MR) is 75.6 cm³/mol. The fraction of sp³-hybridized carbons (Fsp3) is 0.667. The van der Waals surface area contributed by atoms with Crippen LogP contribution in [0.3, 0.4) is 0 Å². The van der Waals surface area contributed by atoms with E-state index in [1.54, 1.807) is 24.3 Å². The zero-order chi connectivity index (χ0) is 14.9. The highest BCUT2D eigenvalue weighted by molar-refractivity contribution is 5.74. The molecule has 2 N–H and O–H groups in total. The summed E-state index contributed by atoms with van der Waals surface area (Å²) in [6, 6.07) is 3.55. The first-order chi connectivity index (χ1) is 10.2. The Morgan fingerprint density at radius 1 is 1.57 bits per heavy atom. The molecular weight excluding hydrogens is 272 g/mol. The van der Waals surface area contributed by atoms with E-state index in [2.05, 4.69) is 5.32 Å². The lowest BCUT2D eigenvalue weighted by atomic mass is 9.58. The number of ether oxygens (including phenoxy) is 1. The molecule has 1 saturated carbocycles. The Bertz CT molecular complexity index is 480. The Balaban J connectivity index is 1.50. The molecule has 3 rings (SSSR count). The van der Waals surface area contributed by atoms with Gasteiger partial charge < -0.3 is 24.5 Å². The second-order valence-corrected chi connectivity index (χ2v) is 5.93. The van der Waals surface area contributed by atoms with Crippen LogP contribution in [0.4, 0.5) is 4.79 Å². The zero-order valence-corrected chi connectivity index (χ0v) is 12.2. The second-order valence-electron chi connectivity index (χ2n) is 5.93. The molecule has 1 saturated heterocycles. The monoisotopic (exact) mass is 294 g/mol. The third-order valence-electron chi connectivity index (χ3n) is 5.00. The van der Waals surface area contributed by atoms with Gasteiger partial charge in [0.1, 0.15) is 5.76 Å². The van der Waals surface area contributed by atoms with Crippen molar-refractivity contribution in [3.05, 3.63) is 24.2 Å². The second kappa shape index (κ2) is 5.69. The highest BCUT2D eigenvalue weighted by Crippen LogP contribution is 2.50. The largest absolute Gasteiger partial charge is 0.467 e. The molecule has 1 aliphatic heterocycles. The number of urea groups is 1. The smallest absolute Gasteiger partial charge is 0.317 e. The minimum atomic E-state index is -0.296. The molecule has 2 atom stereocenters. The van der Waals surface area contributed by atoms with Crippen LogP contribution in [0.5, 0.6) is 0 Å². The average Bonchev–Trinajstić information content (AvgIpc) is 3.03. The van der Waals surface area contributed by atoms with Crippen LogP contribution in [0, 0.1) is 5.41 Å². The van der Waals surface area contributed by atoms with Gasteiger partial charge in [-0.15, -0.1) is 0 Å². The summed E-state index contributed by atoms with van der Waals surface area (Å²) in [5, 5.41) is 12.9. The number of hydrogen-bond donors (Lipinski definition) is 2. The molecule has 0 unspecified atom stereocenters. The van der Waals surface area contributed by atoms with Gasteiger partial charge in [-0.25, -0.2) is 4.79 Å². The Labute approximate surface area is 124 Å².